The third-order valence-electron chi connectivity index (χ3n) is 5.59. The van der Waals surface area contributed by atoms with Gasteiger partial charge in [0.25, 0.3) is 0 Å². The Labute approximate surface area is 120 Å². The van der Waals surface area contributed by atoms with Crippen molar-refractivity contribution in [3.8, 4) is 0 Å². The van der Waals surface area contributed by atoms with Gasteiger partial charge in [-0.2, -0.15) is 0 Å². The van der Waals surface area contributed by atoms with Gasteiger partial charge in [0, 0.05) is 19.1 Å². The molecule has 20 heavy (non-hydrogen) atoms. The van der Waals surface area contributed by atoms with Crippen molar-refractivity contribution >= 4 is 5.91 Å². The molecule has 5 rings (SSSR count). The molecule has 3 aliphatic heterocycles. The van der Waals surface area contributed by atoms with Crippen LogP contribution in [0.5, 0.6) is 0 Å². The fourth-order valence-corrected chi connectivity index (χ4v) is 4.63. The van der Waals surface area contributed by atoms with Crippen molar-refractivity contribution in [3.05, 3.63) is 35.9 Å². The van der Waals surface area contributed by atoms with Crippen LogP contribution in [0.1, 0.15) is 18.4 Å². The van der Waals surface area contributed by atoms with Crippen LogP contribution in [0, 0.1) is 17.8 Å². The van der Waals surface area contributed by atoms with E-state index in [1.807, 2.05) is 18.2 Å². The van der Waals surface area contributed by atoms with Crippen molar-refractivity contribution in [2.75, 3.05) is 19.6 Å². The zero-order chi connectivity index (χ0) is 13.5. The first-order chi connectivity index (χ1) is 9.83. The largest absolute Gasteiger partial charge is 0.339 e. The molecule has 3 heterocycles. The number of carbonyl (C=O) groups is 1. The molecule has 0 spiro atoms. The van der Waals surface area contributed by atoms with Gasteiger partial charge in [0.1, 0.15) is 0 Å². The van der Waals surface area contributed by atoms with E-state index < -0.39 is 0 Å². The number of piperidine rings is 2. The number of nitrogens with one attached hydrogen (secondary N) is 1. The van der Waals surface area contributed by atoms with Crippen molar-refractivity contribution in [3.63, 3.8) is 0 Å². The van der Waals surface area contributed by atoms with E-state index in [2.05, 4.69) is 22.3 Å². The van der Waals surface area contributed by atoms with Crippen LogP contribution in [-0.4, -0.2) is 36.5 Å². The Kier molecular flexibility index (Phi) is 3.03. The number of carbonyl (C=O) groups excluding carboxylic acids is 1. The molecule has 1 aromatic rings. The molecule has 0 aromatic heterocycles. The topological polar surface area (TPSA) is 32.3 Å². The maximum atomic E-state index is 12.7. The Morgan fingerprint density at radius 1 is 1.15 bits per heavy atom. The van der Waals surface area contributed by atoms with E-state index in [4.69, 9.17) is 0 Å². The lowest BCUT2D eigenvalue weighted by Gasteiger charge is -2.52. The molecule has 1 saturated carbocycles. The highest BCUT2D eigenvalue weighted by Gasteiger charge is 2.50. The van der Waals surface area contributed by atoms with E-state index >= 15 is 0 Å². The molecule has 3 heteroatoms. The van der Waals surface area contributed by atoms with Gasteiger partial charge >= 0.3 is 0 Å². The molecule has 1 N–H and O–H groups in total. The Morgan fingerprint density at radius 3 is 2.80 bits per heavy atom. The first kappa shape index (κ1) is 12.4. The van der Waals surface area contributed by atoms with Crippen LogP contribution in [0.25, 0.3) is 0 Å². The minimum atomic E-state index is 0.330. The van der Waals surface area contributed by atoms with E-state index in [1.165, 1.54) is 19.4 Å². The normalized spacial score (nSPS) is 35.1. The van der Waals surface area contributed by atoms with Crippen LogP contribution < -0.4 is 5.32 Å². The molecule has 4 fully saturated rings. The second kappa shape index (κ2) is 4.88. The van der Waals surface area contributed by atoms with Gasteiger partial charge in [0.15, 0.2) is 0 Å². The van der Waals surface area contributed by atoms with Gasteiger partial charge in [0.2, 0.25) is 5.91 Å². The Balaban J connectivity index is 1.50. The summed E-state index contributed by atoms with van der Waals surface area (Å²) < 4.78 is 0. The molecule has 1 aliphatic carbocycles. The van der Waals surface area contributed by atoms with Crippen LogP contribution in [-0.2, 0) is 11.2 Å². The summed E-state index contributed by atoms with van der Waals surface area (Å²) in [4.78, 5) is 14.9. The molecular weight excluding hydrogens is 248 g/mol. The summed E-state index contributed by atoms with van der Waals surface area (Å²) in [6.07, 6.45) is 3.10. The van der Waals surface area contributed by atoms with Crippen LogP contribution in [0.15, 0.2) is 30.3 Å². The lowest BCUT2D eigenvalue weighted by molar-refractivity contribution is -0.142. The summed E-state index contributed by atoms with van der Waals surface area (Å²) in [6, 6.07) is 10.6. The van der Waals surface area contributed by atoms with Gasteiger partial charge in [-0.15, -0.1) is 0 Å². The van der Waals surface area contributed by atoms with E-state index in [9.17, 15) is 4.79 Å². The first-order valence-corrected chi connectivity index (χ1v) is 7.87. The quantitative estimate of drug-likeness (QED) is 0.887. The molecule has 3 nitrogen and oxygen atoms in total. The molecule has 106 valence electrons. The maximum Gasteiger partial charge on any atom is 0.227 e. The second-order valence-corrected chi connectivity index (χ2v) is 6.60. The number of nitrogens with zero attached hydrogens (tertiary/aromatic N) is 1. The number of fused-ring (bicyclic) bond motifs is 2. The summed E-state index contributed by atoms with van der Waals surface area (Å²) in [5.74, 6) is 2.60. The molecule has 0 unspecified atom stereocenters. The number of hydrogen-bond acceptors (Lipinski definition) is 2. The second-order valence-electron chi connectivity index (χ2n) is 6.60. The summed E-state index contributed by atoms with van der Waals surface area (Å²) in [5, 5.41) is 3.54. The highest BCUT2D eigenvalue weighted by Crippen LogP contribution is 2.45. The lowest BCUT2D eigenvalue weighted by atomic mass is 9.66. The van der Waals surface area contributed by atoms with Crippen LogP contribution >= 0.6 is 0 Å². The van der Waals surface area contributed by atoms with Gasteiger partial charge < -0.3 is 10.2 Å². The van der Waals surface area contributed by atoms with Gasteiger partial charge in [-0.1, -0.05) is 30.3 Å². The smallest absolute Gasteiger partial charge is 0.227 e. The zero-order valence-electron chi connectivity index (χ0n) is 11.8. The summed E-state index contributed by atoms with van der Waals surface area (Å²) in [5.41, 5.74) is 1.14. The zero-order valence-corrected chi connectivity index (χ0v) is 11.8. The number of benzene rings is 1. The molecule has 2 bridgehead atoms. The van der Waals surface area contributed by atoms with E-state index in [0.717, 1.165) is 30.5 Å². The minimum Gasteiger partial charge on any atom is -0.339 e. The SMILES string of the molecule is O=C(Cc1ccccc1)N1C[C@H]2CC[C@H]1[C@H]1CNC[C@@H]21. The standard InChI is InChI=1S/C17H22N2O/c20-17(8-12-4-2-1-3-5-12)19-11-13-6-7-16(19)15-10-18-9-14(13)15/h1-5,13-16,18H,6-11H2/t13-,14+,15+,16+/m1/s1. The highest BCUT2D eigenvalue weighted by molar-refractivity contribution is 5.79. The van der Waals surface area contributed by atoms with E-state index in [-0.39, 0.29) is 0 Å². The molecule has 4 atom stereocenters. The fraction of sp³-hybridized carbons (Fsp3) is 0.588. The molecule has 0 radical (unpaired) electrons. The predicted molar refractivity (Wildman–Crippen MR) is 78.2 cm³/mol. The Bertz CT molecular complexity index is 501. The molecular formula is C17H22N2O. The molecule has 4 aliphatic rings. The van der Waals surface area contributed by atoms with Crippen LogP contribution in [0.3, 0.4) is 0 Å². The Hall–Kier alpha value is -1.35. The van der Waals surface area contributed by atoms with Gasteiger partial charge in [-0.3, -0.25) is 4.79 Å². The van der Waals surface area contributed by atoms with E-state index in [0.29, 0.717) is 24.3 Å². The maximum absolute atomic E-state index is 12.7. The van der Waals surface area contributed by atoms with Crippen LogP contribution in [0.2, 0.25) is 0 Å². The van der Waals surface area contributed by atoms with Gasteiger partial charge in [-0.05, 0) is 42.7 Å². The average Bonchev–Trinajstić information content (AvgIpc) is 3.00. The van der Waals surface area contributed by atoms with Crippen molar-refractivity contribution in [2.45, 2.75) is 25.3 Å². The third-order valence-corrected chi connectivity index (χ3v) is 5.59. The minimum absolute atomic E-state index is 0.330. The predicted octanol–water partition coefficient (Wildman–Crippen LogP) is 1.69. The number of hydrogen-bond donors (Lipinski definition) is 1. The third kappa shape index (κ3) is 1.96. The Morgan fingerprint density at radius 2 is 1.95 bits per heavy atom. The lowest BCUT2D eigenvalue weighted by Crippen LogP contribution is -2.59. The summed E-state index contributed by atoms with van der Waals surface area (Å²) >= 11 is 0. The van der Waals surface area contributed by atoms with Crippen LogP contribution in [0.4, 0.5) is 0 Å². The summed E-state index contributed by atoms with van der Waals surface area (Å²) in [6.45, 7) is 3.28. The summed E-state index contributed by atoms with van der Waals surface area (Å²) in [7, 11) is 0. The van der Waals surface area contributed by atoms with E-state index in [1.54, 1.807) is 0 Å². The van der Waals surface area contributed by atoms with Crippen molar-refractivity contribution in [2.24, 2.45) is 17.8 Å². The van der Waals surface area contributed by atoms with Crippen molar-refractivity contribution in [1.82, 2.24) is 10.2 Å². The van der Waals surface area contributed by atoms with Crippen molar-refractivity contribution < 1.29 is 4.79 Å². The number of amides is 1. The first-order valence-electron chi connectivity index (χ1n) is 7.87. The fourth-order valence-electron chi connectivity index (χ4n) is 4.63. The molecule has 1 amide bonds. The number of rotatable bonds is 2. The highest BCUT2D eigenvalue weighted by atomic mass is 16.2. The van der Waals surface area contributed by atoms with Gasteiger partial charge in [0.05, 0.1) is 6.42 Å². The molecule has 3 saturated heterocycles. The monoisotopic (exact) mass is 270 g/mol. The van der Waals surface area contributed by atoms with Crippen molar-refractivity contribution in [1.29, 1.82) is 0 Å². The average molecular weight is 270 g/mol. The molecule has 1 aromatic carbocycles. The van der Waals surface area contributed by atoms with Gasteiger partial charge in [-0.25, -0.2) is 0 Å².